The van der Waals surface area contributed by atoms with E-state index in [1.165, 1.54) is 12.0 Å². The second kappa shape index (κ2) is 5.87. The molecule has 1 aliphatic rings. The number of carbonyl (C=O) groups excluding carboxylic acids is 2. The van der Waals surface area contributed by atoms with Gasteiger partial charge in [0.15, 0.2) is 0 Å². The number of phenols is 1. The van der Waals surface area contributed by atoms with Crippen LogP contribution in [0.15, 0.2) is 18.2 Å². The van der Waals surface area contributed by atoms with E-state index in [1.807, 2.05) is 0 Å². The number of hydrogen-bond acceptors (Lipinski definition) is 5. The number of ether oxygens (including phenoxy) is 2. The van der Waals surface area contributed by atoms with Crippen molar-refractivity contribution in [3.05, 3.63) is 29.3 Å². The van der Waals surface area contributed by atoms with Crippen LogP contribution in [-0.4, -0.2) is 40.8 Å². The molecule has 1 aliphatic heterocycles. The molecule has 0 spiro atoms. The Labute approximate surface area is 129 Å². The Morgan fingerprint density at radius 2 is 1.95 bits per heavy atom. The third-order valence-electron chi connectivity index (χ3n) is 3.42. The maximum Gasteiger partial charge on any atom is 0.411 e. The predicted octanol–water partition coefficient (Wildman–Crippen LogP) is 2.23. The summed E-state index contributed by atoms with van der Waals surface area (Å²) in [5.74, 6) is -0.368. The minimum atomic E-state index is -0.755. The second-order valence-corrected chi connectivity index (χ2v) is 6.30. The Hall–Kier alpha value is -2.24. The minimum absolute atomic E-state index is 0.132. The first-order chi connectivity index (χ1) is 10.2. The Balaban J connectivity index is 2.32. The Bertz CT molecular complexity index is 591. The normalized spacial score (nSPS) is 17.6. The van der Waals surface area contributed by atoms with Crippen LogP contribution < -0.4 is 0 Å². The smallest absolute Gasteiger partial charge is 0.411 e. The van der Waals surface area contributed by atoms with Gasteiger partial charge in [-0.1, -0.05) is 6.07 Å². The first-order valence-electron chi connectivity index (χ1n) is 7.09. The fraction of sp³-hybridized carbons (Fsp3) is 0.500. The van der Waals surface area contributed by atoms with Gasteiger partial charge in [0, 0.05) is 6.42 Å². The lowest BCUT2D eigenvalue weighted by molar-refractivity contribution is -0.147. The third-order valence-corrected chi connectivity index (χ3v) is 3.42. The summed E-state index contributed by atoms with van der Waals surface area (Å²) in [6.07, 6.45) is -0.267. The number of benzene rings is 1. The van der Waals surface area contributed by atoms with Crippen LogP contribution >= 0.6 is 0 Å². The number of hydrogen-bond donors (Lipinski definition) is 1. The van der Waals surface area contributed by atoms with Crippen molar-refractivity contribution in [2.45, 2.75) is 45.4 Å². The van der Waals surface area contributed by atoms with E-state index in [-0.39, 0.29) is 18.7 Å². The Morgan fingerprint density at radius 1 is 1.27 bits per heavy atom. The van der Waals surface area contributed by atoms with E-state index in [4.69, 9.17) is 9.47 Å². The van der Waals surface area contributed by atoms with Crippen LogP contribution in [0.5, 0.6) is 5.75 Å². The third kappa shape index (κ3) is 3.50. The molecule has 1 aromatic rings. The van der Waals surface area contributed by atoms with Gasteiger partial charge in [0.05, 0.1) is 13.7 Å². The quantitative estimate of drug-likeness (QED) is 0.805. The van der Waals surface area contributed by atoms with Gasteiger partial charge in [-0.3, -0.25) is 4.90 Å². The van der Waals surface area contributed by atoms with Crippen LogP contribution in [0, 0.1) is 0 Å². The number of methoxy groups -OCH3 is 1. The number of esters is 1. The Morgan fingerprint density at radius 3 is 2.55 bits per heavy atom. The first kappa shape index (κ1) is 16.1. The molecule has 0 aromatic heterocycles. The van der Waals surface area contributed by atoms with Crippen molar-refractivity contribution in [3.8, 4) is 5.75 Å². The van der Waals surface area contributed by atoms with Crippen molar-refractivity contribution in [2.24, 2.45) is 0 Å². The highest BCUT2D eigenvalue weighted by Crippen LogP contribution is 2.28. The molecule has 1 atom stereocenters. The van der Waals surface area contributed by atoms with Crippen molar-refractivity contribution < 1.29 is 24.2 Å². The van der Waals surface area contributed by atoms with Crippen LogP contribution in [0.25, 0.3) is 0 Å². The van der Waals surface area contributed by atoms with Gasteiger partial charge in [0.25, 0.3) is 0 Å². The molecule has 6 heteroatoms. The number of amides is 1. The largest absolute Gasteiger partial charge is 0.508 e. The van der Waals surface area contributed by atoms with Crippen molar-refractivity contribution in [1.29, 1.82) is 0 Å². The molecule has 6 nitrogen and oxygen atoms in total. The molecule has 1 aromatic carbocycles. The fourth-order valence-electron chi connectivity index (χ4n) is 2.43. The first-order valence-corrected chi connectivity index (χ1v) is 7.09. The maximum absolute atomic E-state index is 12.4. The minimum Gasteiger partial charge on any atom is -0.508 e. The van der Waals surface area contributed by atoms with Crippen molar-refractivity contribution in [2.75, 3.05) is 7.11 Å². The van der Waals surface area contributed by atoms with Crippen molar-refractivity contribution in [1.82, 2.24) is 4.90 Å². The molecule has 0 fully saturated rings. The standard InChI is InChI=1S/C16H21NO5/c1-16(2,3)22-15(20)17-9-10-5-6-12(18)7-11(10)8-13(17)14(19)21-4/h5-7,13,18H,8-9H2,1-4H3/t13-/m0/s1. The molecule has 0 bridgehead atoms. The summed E-state index contributed by atoms with van der Waals surface area (Å²) in [7, 11) is 1.29. The van der Waals surface area contributed by atoms with Gasteiger partial charge in [-0.15, -0.1) is 0 Å². The number of fused-ring (bicyclic) bond motifs is 1. The van der Waals surface area contributed by atoms with Gasteiger partial charge in [0.1, 0.15) is 17.4 Å². The average molecular weight is 307 g/mol. The van der Waals surface area contributed by atoms with E-state index >= 15 is 0 Å². The van der Waals surface area contributed by atoms with Gasteiger partial charge in [-0.25, -0.2) is 9.59 Å². The summed E-state index contributed by atoms with van der Waals surface area (Å²) in [4.78, 5) is 25.7. The van der Waals surface area contributed by atoms with Crippen LogP contribution in [-0.2, 0) is 27.2 Å². The molecule has 1 heterocycles. The molecule has 0 aliphatic carbocycles. The van der Waals surface area contributed by atoms with Gasteiger partial charge in [0.2, 0.25) is 0 Å². The SMILES string of the molecule is COC(=O)[C@@H]1Cc2cc(O)ccc2CN1C(=O)OC(C)(C)C. The highest BCUT2D eigenvalue weighted by Gasteiger charge is 2.37. The average Bonchev–Trinajstić information content (AvgIpc) is 2.43. The summed E-state index contributed by atoms with van der Waals surface area (Å²) in [5, 5.41) is 9.58. The fourth-order valence-corrected chi connectivity index (χ4v) is 2.43. The highest BCUT2D eigenvalue weighted by atomic mass is 16.6. The van der Waals surface area contributed by atoms with Crippen LogP contribution in [0.2, 0.25) is 0 Å². The molecule has 1 amide bonds. The zero-order chi connectivity index (χ0) is 16.5. The zero-order valence-corrected chi connectivity index (χ0v) is 13.3. The lowest BCUT2D eigenvalue weighted by Gasteiger charge is -2.36. The molecule has 1 N–H and O–H groups in total. The topological polar surface area (TPSA) is 76.1 Å². The number of nitrogens with zero attached hydrogens (tertiary/aromatic N) is 1. The molecular formula is C16H21NO5. The van der Waals surface area contributed by atoms with Crippen LogP contribution in [0.3, 0.4) is 0 Å². The number of aromatic hydroxyl groups is 1. The van der Waals surface area contributed by atoms with Crippen LogP contribution in [0.4, 0.5) is 4.79 Å². The summed E-state index contributed by atoms with van der Waals surface area (Å²) in [5.41, 5.74) is 1.06. The summed E-state index contributed by atoms with van der Waals surface area (Å²) in [6, 6.07) is 4.16. The Kier molecular flexibility index (Phi) is 4.30. The van der Waals surface area contributed by atoms with Gasteiger partial charge in [-0.05, 0) is 44.0 Å². The number of rotatable bonds is 1. The molecule has 0 saturated heterocycles. The molecule has 0 unspecified atom stereocenters. The van der Waals surface area contributed by atoms with E-state index < -0.39 is 23.7 Å². The predicted molar refractivity (Wildman–Crippen MR) is 79.4 cm³/mol. The monoisotopic (exact) mass is 307 g/mol. The second-order valence-electron chi connectivity index (χ2n) is 6.30. The van der Waals surface area contributed by atoms with Gasteiger partial charge < -0.3 is 14.6 Å². The van der Waals surface area contributed by atoms with Crippen molar-refractivity contribution in [3.63, 3.8) is 0 Å². The number of phenolic OH excluding ortho intramolecular Hbond substituents is 1. The molecule has 2 rings (SSSR count). The molecule has 0 saturated carbocycles. The van der Waals surface area contributed by atoms with Crippen molar-refractivity contribution >= 4 is 12.1 Å². The molecule has 0 radical (unpaired) electrons. The molecule has 22 heavy (non-hydrogen) atoms. The lowest BCUT2D eigenvalue weighted by atomic mass is 9.94. The van der Waals surface area contributed by atoms with E-state index in [0.29, 0.717) is 0 Å². The van der Waals surface area contributed by atoms with Crippen LogP contribution in [0.1, 0.15) is 31.9 Å². The maximum atomic E-state index is 12.4. The lowest BCUT2D eigenvalue weighted by Crippen LogP contribution is -2.50. The van der Waals surface area contributed by atoms with E-state index in [9.17, 15) is 14.7 Å². The number of carbonyl (C=O) groups is 2. The zero-order valence-electron chi connectivity index (χ0n) is 13.3. The molecular weight excluding hydrogens is 286 g/mol. The summed E-state index contributed by atoms with van der Waals surface area (Å²) in [6.45, 7) is 5.56. The summed E-state index contributed by atoms with van der Waals surface area (Å²) < 4.78 is 10.2. The summed E-state index contributed by atoms with van der Waals surface area (Å²) >= 11 is 0. The van der Waals surface area contributed by atoms with E-state index in [0.717, 1.165) is 11.1 Å². The van der Waals surface area contributed by atoms with Gasteiger partial charge >= 0.3 is 12.1 Å². The molecule has 120 valence electrons. The van der Waals surface area contributed by atoms with Gasteiger partial charge in [-0.2, -0.15) is 0 Å². The van der Waals surface area contributed by atoms with E-state index in [1.54, 1.807) is 39.0 Å². The van der Waals surface area contributed by atoms with E-state index in [2.05, 4.69) is 0 Å². The highest BCUT2D eigenvalue weighted by molar-refractivity contribution is 5.82.